The van der Waals surface area contributed by atoms with Crippen molar-refractivity contribution in [3.8, 4) is 5.75 Å². The molecule has 176 valence electrons. The van der Waals surface area contributed by atoms with Gasteiger partial charge in [-0.1, -0.05) is 92.7 Å². The molecule has 0 radical (unpaired) electrons. The molecule has 0 aliphatic carbocycles. The maximum absolute atomic E-state index is 12.8. The molecule has 0 saturated heterocycles. The van der Waals surface area contributed by atoms with Gasteiger partial charge in [-0.2, -0.15) is 0 Å². The van der Waals surface area contributed by atoms with Gasteiger partial charge >= 0.3 is 0 Å². The van der Waals surface area contributed by atoms with E-state index in [4.69, 9.17) is 4.74 Å². The highest BCUT2D eigenvalue weighted by Gasteiger charge is 2.20. The summed E-state index contributed by atoms with van der Waals surface area (Å²) in [5.41, 5.74) is 3.79. The Morgan fingerprint density at radius 2 is 1.44 bits per heavy atom. The highest BCUT2D eigenvalue weighted by atomic mass is 16.5. The maximum Gasteiger partial charge on any atom is 0.255 e. The van der Waals surface area contributed by atoms with Crippen LogP contribution in [0, 0.1) is 0 Å². The molecule has 0 unspecified atom stereocenters. The van der Waals surface area contributed by atoms with E-state index in [1.165, 1.54) is 37.7 Å². The Bertz CT molecular complexity index is 854. The molecule has 3 nitrogen and oxygen atoms in total. The zero-order chi connectivity index (χ0) is 23.8. The van der Waals surface area contributed by atoms with Crippen molar-refractivity contribution in [2.75, 3.05) is 11.9 Å². The Labute approximate surface area is 196 Å². The highest BCUT2D eigenvalue weighted by molar-refractivity contribution is 6.04. The van der Waals surface area contributed by atoms with Crippen molar-refractivity contribution in [3.63, 3.8) is 0 Å². The Morgan fingerprint density at radius 1 is 0.812 bits per heavy atom. The van der Waals surface area contributed by atoms with Crippen LogP contribution in [0.4, 0.5) is 5.69 Å². The Balaban J connectivity index is 2.04. The quantitative estimate of drug-likeness (QED) is 0.380. The van der Waals surface area contributed by atoms with E-state index < -0.39 is 0 Å². The van der Waals surface area contributed by atoms with Crippen LogP contribution in [-0.2, 0) is 10.8 Å². The summed E-state index contributed by atoms with van der Waals surface area (Å²) in [6.45, 7) is 16.0. The molecule has 0 atom stereocenters. The molecule has 0 aromatic heterocycles. The number of nitrogens with one attached hydrogen (secondary N) is 1. The van der Waals surface area contributed by atoms with Crippen LogP contribution in [0.1, 0.15) is 108 Å². The van der Waals surface area contributed by atoms with Gasteiger partial charge in [0.1, 0.15) is 5.75 Å². The third-order valence-corrected chi connectivity index (χ3v) is 5.81. The summed E-state index contributed by atoms with van der Waals surface area (Å²) in [4.78, 5) is 12.8. The van der Waals surface area contributed by atoms with Crippen molar-refractivity contribution in [1.29, 1.82) is 0 Å². The third kappa shape index (κ3) is 8.00. The minimum atomic E-state index is -0.0916. The Hall–Kier alpha value is -2.29. The zero-order valence-electron chi connectivity index (χ0n) is 21.3. The second-order valence-electron chi connectivity index (χ2n) is 10.9. The lowest BCUT2D eigenvalue weighted by atomic mass is 9.86. The van der Waals surface area contributed by atoms with Gasteiger partial charge in [0, 0.05) is 16.8 Å². The van der Waals surface area contributed by atoms with Crippen LogP contribution in [0.25, 0.3) is 0 Å². The summed E-state index contributed by atoms with van der Waals surface area (Å²) in [7, 11) is 0. The van der Waals surface area contributed by atoms with Crippen LogP contribution in [0.5, 0.6) is 5.75 Å². The standard InChI is InChI=1S/C29H43NO2/c1-8-9-10-11-12-13-20-32-26-19-18-24(21-25(26)29(5,6)7)30-27(31)22-14-16-23(17-15-22)28(2,3)4/h14-19,21H,8-13,20H2,1-7H3,(H,30,31). The fourth-order valence-corrected chi connectivity index (χ4v) is 3.71. The lowest BCUT2D eigenvalue weighted by molar-refractivity contribution is 0.102. The monoisotopic (exact) mass is 437 g/mol. The third-order valence-electron chi connectivity index (χ3n) is 5.81. The number of ether oxygens (including phenoxy) is 1. The predicted octanol–water partition coefficient (Wildman–Crippen LogP) is 8.27. The molecule has 0 heterocycles. The van der Waals surface area contributed by atoms with E-state index in [1.807, 2.05) is 36.4 Å². The molecule has 2 aromatic carbocycles. The van der Waals surface area contributed by atoms with Crippen molar-refractivity contribution < 1.29 is 9.53 Å². The summed E-state index contributed by atoms with van der Waals surface area (Å²) in [5, 5.41) is 3.06. The van der Waals surface area contributed by atoms with Crippen LogP contribution in [0.15, 0.2) is 42.5 Å². The summed E-state index contributed by atoms with van der Waals surface area (Å²) >= 11 is 0. The van der Waals surface area contributed by atoms with E-state index >= 15 is 0 Å². The van der Waals surface area contributed by atoms with E-state index in [2.05, 4.69) is 59.8 Å². The van der Waals surface area contributed by atoms with Gasteiger partial charge in [0.2, 0.25) is 0 Å². The van der Waals surface area contributed by atoms with Crippen molar-refractivity contribution in [2.24, 2.45) is 0 Å². The molecule has 0 aliphatic rings. The predicted molar refractivity (Wildman–Crippen MR) is 137 cm³/mol. The van der Waals surface area contributed by atoms with Crippen LogP contribution in [0.2, 0.25) is 0 Å². The number of amides is 1. The molecular formula is C29H43NO2. The van der Waals surface area contributed by atoms with E-state index in [1.54, 1.807) is 0 Å². The van der Waals surface area contributed by atoms with Gasteiger partial charge in [0.05, 0.1) is 6.61 Å². The van der Waals surface area contributed by atoms with Crippen molar-refractivity contribution in [3.05, 3.63) is 59.2 Å². The number of hydrogen-bond acceptors (Lipinski definition) is 2. The SMILES string of the molecule is CCCCCCCCOc1ccc(NC(=O)c2ccc(C(C)(C)C)cc2)cc1C(C)(C)C. The number of rotatable bonds is 10. The van der Waals surface area contributed by atoms with Crippen LogP contribution in [-0.4, -0.2) is 12.5 Å². The van der Waals surface area contributed by atoms with Crippen molar-refractivity contribution in [2.45, 2.75) is 97.8 Å². The molecule has 0 fully saturated rings. The second-order valence-corrected chi connectivity index (χ2v) is 10.9. The number of anilines is 1. The first-order valence-corrected chi connectivity index (χ1v) is 12.2. The first-order chi connectivity index (χ1) is 15.0. The smallest absolute Gasteiger partial charge is 0.255 e. The molecule has 1 N–H and O–H groups in total. The molecule has 2 rings (SSSR count). The average Bonchev–Trinajstić information content (AvgIpc) is 2.72. The summed E-state index contributed by atoms with van der Waals surface area (Å²) in [5.74, 6) is 0.824. The molecule has 0 aliphatic heterocycles. The largest absolute Gasteiger partial charge is 0.493 e. The Morgan fingerprint density at radius 3 is 2.03 bits per heavy atom. The summed E-state index contributed by atoms with van der Waals surface area (Å²) in [6.07, 6.45) is 7.49. The minimum absolute atomic E-state index is 0.0714. The first kappa shape index (κ1) is 26.0. The fraction of sp³-hybridized carbons (Fsp3) is 0.552. The first-order valence-electron chi connectivity index (χ1n) is 12.2. The molecular weight excluding hydrogens is 394 g/mol. The van der Waals surface area contributed by atoms with E-state index in [0.717, 1.165) is 30.0 Å². The lowest BCUT2D eigenvalue weighted by Crippen LogP contribution is -2.17. The van der Waals surface area contributed by atoms with Crippen molar-refractivity contribution >= 4 is 11.6 Å². The molecule has 32 heavy (non-hydrogen) atoms. The number of carbonyl (C=O) groups excluding carboxylic acids is 1. The zero-order valence-corrected chi connectivity index (χ0v) is 21.3. The van der Waals surface area contributed by atoms with Gasteiger partial charge in [-0.05, 0) is 53.1 Å². The van der Waals surface area contributed by atoms with Gasteiger partial charge in [-0.25, -0.2) is 0 Å². The molecule has 3 heteroatoms. The normalized spacial score (nSPS) is 12.0. The molecule has 0 spiro atoms. The molecule has 1 amide bonds. The number of hydrogen-bond donors (Lipinski definition) is 1. The molecule has 2 aromatic rings. The van der Waals surface area contributed by atoms with E-state index in [9.17, 15) is 4.79 Å². The average molecular weight is 438 g/mol. The number of unbranched alkanes of at least 4 members (excludes halogenated alkanes) is 5. The van der Waals surface area contributed by atoms with Gasteiger partial charge in [-0.15, -0.1) is 0 Å². The highest BCUT2D eigenvalue weighted by Crippen LogP contribution is 2.34. The van der Waals surface area contributed by atoms with Gasteiger partial charge in [0.25, 0.3) is 5.91 Å². The van der Waals surface area contributed by atoms with E-state index in [-0.39, 0.29) is 16.7 Å². The fourth-order valence-electron chi connectivity index (χ4n) is 3.71. The van der Waals surface area contributed by atoms with Gasteiger partial charge < -0.3 is 10.1 Å². The summed E-state index contributed by atoms with van der Waals surface area (Å²) < 4.78 is 6.15. The lowest BCUT2D eigenvalue weighted by Gasteiger charge is -2.24. The van der Waals surface area contributed by atoms with Crippen LogP contribution >= 0.6 is 0 Å². The number of carbonyl (C=O) groups is 1. The maximum atomic E-state index is 12.8. The van der Waals surface area contributed by atoms with Gasteiger partial charge in [-0.3, -0.25) is 4.79 Å². The Kier molecular flexibility index (Phi) is 9.36. The molecule has 0 bridgehead atoms. The van der Waals surface area contributed by atoms with Crippen LogP contribution in [0.3, 0.4) is 0 Å². The molecule has 0 saturated carbocycles. The van der Waals surface area contributed by atoms with E-state index in [0.29, 0.717) is 5.56 Å². The minimum Gasteiger partial charge on any atom is -0.493 e. The second kappa shape index (κ2) is 11.5. The number of benzene rings is 2. The van der Waals surface area contributed by atoms with Crippen molar-refractivity contribution in [1.82, 2.24) is 0 Å². The topological polar surface area (TPSA) is 38.3 Å². The van der Waals surface area contributed by atoms with Gasteiger partial charge in [0.15, 0.2) is 0 Å². The summed E-state index contributed by atoms with van der Waals surface area (Å²) in [6, 6.07) is 13.9. The van der Waals surface area contributed by atoms with Crippen LogP contribution < -0.4 is 10.1 Å².